The fourth-order valence-corrected chi connectivity index (χ4v) is 7.25. The molecule has 14 nitrogen and oxygen atoms in total. The molecule has 2 fully saturated rings. The molecular weight excluding hydrogens is 823 g/mol. The van der Waals surface area contributed by atoms with Crippen molar-refractivity contribution in [2.24, 2.45) is 11.8 Å². The van der Waals surface area contributed by atoms with Crippen molar-refractivity contribution < 1.29 is 46.1 Å². The number of carbonyl (C=O) groups is 2. The van der Waals surface area contributed by atoms with Gasteiger partial charge in [0.1, 0.15) is 47.8 Å². The first kappa shape index (κ1) is 46.4. The monoisotopic (exact) mass is 866 g/mol. The molecule has 328 valence electrons. The molecule has 0 amide bonds. The van der Waals surface area contributed by atoms with Gasteiger partial charge >= 0.3 is 11.9 Å². The van der Waals surface area contributed by atoms with Crippen LogP contribution in [0.5, 0.6) is 0 Å². The number of alkyl halides is 2. The molecule has 2 aromatic heterocycles. The molecule has 0 bridgehead atoms. The van der Waals surface area contributed by atoms with Gasteiger partial charge in [-0.15, -0.1) is 0 Å². The van der Waals surface area contributed by atoms with Crippen molar-refractivity contribution in [3.8, 4) is 12.1 Å². The molecule has 4 N–H and O–H groups in total. The normalized spacial score (nSPS) is 15.6. The number of anilines is 4. The molecule has 2 atom stereocenters. The number of carboxylic acids is 2. The van der Waals surface area contributed by atoms with E-state index in [-0.39, 0.29) is 52.1 Å². The van der Waals surface area contributed by atoms with Crippen molar-refractivity contribution in [3.05, 3.63) is 93.6 Å². The highest BCUT2D eigenvalue weighted by Crippen LogP contribution is 2.39. The Bertz CT molecular complexity index is 2360. The van der Waals surface area contributed by atoms with Gasteiger partial charge in [-0.3, -0.25) is 0 Å². The van der Waals surface area contributed by atoms with Gasteiger partial charge in [-0.1, -0.05) is 12.1 Å². The first-order chi connectivity index (χ1) is 29.4. The molecule has 6 rings (SSSR count). The second-order valence-corrected chi connectivity index (χ2v) is 15.4. The minimum Gasteiger partial charge on any atom is -0.476 e. The lowest BCUT2D eigenvalue weighted by Gasteiger charge is -2.35. The van der Waals surface area contributed by atoms with Crippen LogP contribution in [-0.2, 0) is 0 Å². The van der Waals surface area contributed by atoms with Crippen LogP contribution >= 0.6 is 0 Å². The molecule has 2 aliphatic heterocycles. The highest BCUT2D eigenvalue weighted by atomic mass is 19.2. The van der Waals surface area contributed by atoms with E-state index in [1.807, 2.05) is 27.7 Å². The molecule has 0 spiro atoms. The average molecular weight is 867 g/mol. The first-order valence-electron chi connectivity index (χ1n) is 19.7. The number of hydrogen-bond donors (Lipinski definition) is 4. The van der Waals surface area contributed by atoms with Gasteiger partial charge in [0.15, 0.2) is 46.0 Å². The summed E-state index contributed by atoms with van der Waals surface area (Å²) in [6.07, 6.45) is -1.73. The van der Waals surface area contributed by atoms with Gasteiger partial charge in [0.2, 0.25) is 0 Å². The maximum Gasteiger partial charge on any atom is 0.357 e. The SMILES string of the molecule is CC(C)Nc1nc(C#N)c(C(=O)O)nc1N1CCC([C@@H](F)c2ccc(F)cc2F)CC1.CC(C)Nc1nc(C(=O)O)c(C#N)nc1N1CCC([C@@H](F)c2ccc(F)cc2F)CC1. The third-order valence-electron chi connectivity index (χ3n) is 10.2. The minimum atomic E-state index is -1.59. The van der Waals surface area contributed by atoms with Crippen LogP contribution in [0.1, 0.15) is 109 Å². The van der Waals surface area contributed by atoms with E-state index in [4.69, 9.17) is 0 Å². The molecule has 2 saturated heterocycles. The maximum absolute atomic E-state index is 14.9. The average Bonchev–Trinajstić information content (AvgIpc) is 3.22. The zero-order chi connectivity index (χ0) is 45.4. The number of hydrogen-bond acceptors (Lipinski definition) is 12. The standard InChI is InChI=1S/2C21H22F3N5O2/c1-11(2)26-19-20(27-16(10-25)18(28-19)21(30)31)29-7-5-12(6-8-29)17(24)14-4-3-13(22)9-15(14)23;1-11(2)26-19-20(28-18(21(30)31)16(10-25)27-19)29-7-5-12(6-8-29)17(24)14-4-3-13(22)9-15(14)23/h3-4,9,11-12,17H,5-8H2,1-2H3,(H,26,28)(H,30,31);3-4,9,11-12,17H,5-8H2,1-2H3,(H,26,27)(H,30,31)/t2*17-/m11/s1. The number of nitrogens with zero attached hydrogens (tertiary/aromatic N) is 8. The van der Waals surface area contributed by atoms with Crippen LogP contribution in [0.4, 0.5) is 49.6 Å². The predicted molar refractivity (Wildman–Crippen MR) is 215 cm³/mol. The van der Waals surface area contributed by atoms with Gasteiger partial charge in [0, 0.05) is 61.5 Å². The summed E-state index contributed by atoms with van der Waals surface area (Å²) in [5.74, 6) is -5.94. The molecule has 4 aromatic rings. The molecule has 20 heteroatoms. The third kappa shape index (κ3) is 11.0. The van der Waals surface area contributed by atoms with Crippen molar-refractivity contribution in [2.75, 3.05) is 46.6 Å². The molecule has 2 aromatic carbocycles. The maximum atomic E-state index is 14.9. The van der Waals surface area contributed by atoms with E-state index in [0.717, 1.165) is 24.3 Å². The second-order valence-electron chi connectivity index (χ2n) is 15.4. The van der Waals surface area contributed by atoms with E-state index in [1.165, 1.54) is 0 Å². The van der Waals surface area contributed by atoms with Crippen LogP contribution in [0.2, 0.25) is 0 Å². The van der Waals surface area contributed by atoms with Gasteiger partial charge < -0.3 is 30.6 Å². The summed E-state index contributed by atoms with van der Waals surface area (Å²) in [7, 11) is 0. The van der Waals surface area contributed by atoms with Crippen molar-refractivity contribution >= 4 is 35.2 Å². The lowest BCUT2D eigenvalue weighted by molar-refractivity contribution is 0.0679. The lowest BCUT2D eigenvalue weighted by Crippen LogP contribution is -2.37. The third-order valence-corrected chi connectivity index (χ3v) is 10.2. The van der Waals surface area contributed by atoms with Crippen LogP contribution in [0.3, 0.4) is 0 Å². The summed E-state index contributed by atoms with van der Waals surface area (Å²) < 4.78 is 84.0. The Morgan fingerprint density at radius 3 is 1.39 bits per heavy atom. The number of nitriles is 2. The van der Waals surface area contributed by atoms with Gasteiger partial charge in [0.25, 0.3) is 0 Å². The Balaban J connectivity index is 0.000000234. The molecular formula is C42H44F6N10O4. The zero-order valence-corrected chi connectivity index (χ0v) is 34.1. The Hall–Kier alpha value is -6.70. The van der Waals surface area contributed by atoms with E-state index < -0.39 is 70.8 Å². The number of carboxylic acid groups (broad SMARTS) is 2. The van der Waals surface area contributed by atoms with Gasteiger partial charge in [-0.05, 0) is 77.3 Å². The number of nitrogens with one attached hydrogen (secondary N) is 2. The largest absolute Gasteiger partial charge is 0.476 e. The van der Waals surface area contributed by atoms with E-state index in [0.29, 0.717) is 69.8 Å². The van der Waals surface area contributed by atoms with Crippen molar-refractivity contribution in [3.63, 3.8) is 0 Å². The summed E-state index contributed by atoms with van der Waals surface area (Å²) in [6, 6.07) is 9.03. The summed E-state index contributed by atoms with van der Waals surface area (Å²) in [6.45, 7) is 8.79. The van der Waals surface area contributed by atoms with Gasteiger partial charge in [-0.2, -0.15) is 10.5 Å². The molecule has 2 aliphatic rings. The second kappa shape index (κ2) is 20.2. The summed E-state index contributed by atoms with van der Waals surface area (Å²) in [5.41, 5.74) is -1.85. The number of rotatable bonds is 12. The number of aromatic nitrogens is 4. The fourth-order valence-electron chi connectivity index (χ4n) is 7.25. The van der Waals surface area contributed by atoms with Crippen molar-refractivity contribution in [1.82, 2.24) is 19.9 Å². The highest BCUT2D eigenvalue weighted by molar-refractivity contribution is 5.89. The lowest BCUT2D eigenvalue weighted by atomic mass is 9.88. The molecule has 0 aliphatic carbocycles. The van der Waals surface area contributed by atoms with Crippen molar-refractivity contribution in [1.29, 1.82) is 10.5 Å². The minimum absolute atomic E-state index is 0.0514. The molecule has 0 unspecified atom stereocenters. The number of piperidine rings is 2. The summed E-state index contributed by atoms with van der Waals surface area (Å²) in [5, 5.41) is 43.3. The molecule has 62 heavy (non-hydrogen) atoms. The van der Waals surface area contributed by atoms with E-state index in [9.17, 15) is 56.7 Å². The number of aromatic carboxylic acids is 2. The Kier molecular flexibility index (Phi) is 15.1. The van der Waals surface area contributed by atoms with Gasteiger partial charge in [-0.25, -0.2) is 55.9 Å². The smallest absolute Gasteiger partial charge is 0.357 e. The van der Waals surface area contributed by atoms with Crippen LogP contribution in [-0.4, -0.2) is 80.4 Å². The van der Waals surface area contributed by atoms with E-state index in [2.05, 4.69) is 30.6 Å². The van der Waals surface area contributed by atoms with Crippen LogP contribution in [0.25, 0.3) is 0 Å². The predicted octanol–water partition coefficient (Wildman–Crippen LogP) is 8.14. The highest BCUT2D eigenvalue weighted by Gasteiger charge is 2.34. The van der Waals surface area contributed by atoms with Gasteiger partial charge in [0.05, 0.1) is 0 Å². The Morgan fingerprint density at radius 2 is 1.02 bits per heavy atom. The van der Waals surface area contributed by atoms with E-state index >= 15 is 0 Å². The van der Waals surface area contributed by atoms with E-state index in [1.54, 1.807) is 21.9 Å². The van der Waals surface area contributed by atoms with Crippen molar-refractivity contribution in [2.45, 2.75) is 77.8 Å². The topological polar surface area (TPSA) is 204 Å². The zero-order valence-electron chi connectivity index (χ0n) is 34.1. The molecule has 4 heterocycles. The Labute approximate surface area is 353 Å². The molecule has 0 radical (unpaired) electrons. The number of halogens is 6. The number of benzene rings is 2. The van der Waals surface area contributed by atoms with Crippen LogP contribution in [0.15, 0.2) is 36.4 Å². The van der Waals surface area contributed by atoms with Crippen LogP contribution < -0.4 is 20.4 Å². The summed E-state index contributed by atoms with van der Waals surface area (Å²) >= 11 is 0. The first-order valence-corrected chi connectivity index (χ1v) is 19.7. The molecule has 0 saturated carbocycles. The van der Waals surface area contributed by atoms with Crippen LogP contribution in [0, 0.1) is 57.8 Å². The Morgan fingerprint density at radius 1 is 0.645 bits per heavy atom. The fraction of sp³-hybridized carbons (Fsp3) is 0.429. The quantitative estimate of drug-likeness (QED) is 0.0993. The summed E-state index contributed by atoms with van der Waals surface area (Å²) in [4.78, 5) is 43.1.